The van der Waals surface area contributed by atoms with Crippen LogP contribution in [0.15, 0.2) is 0 Å². The lowest BCUT2D eigenvalue weighted by atomic mass is 9.81. The molecule has 0 radical (unpaired) electrons. The number of hydrogen-bond donors (Lipinski definition) is 2. The molecule has 0 aliphatic heterocycles. The summed E-state index contributed by atoms with van der Waals surface area (Å²) in [4.78, 5) is 17.7. The van der Waals surface area contributed by atoms with Crippen LogP contribution in [-0.2, 0) is 4.57 Å². The molecule has 3 nitrogen and oxygen atoms in total. The maximum absolute atomic E-state index is 10.8. The van der Waals surface area contributed by atoms with Crippen molar-refractivity contribution in [2.24, 2.45) is 5.92 Å². The van der Waals surface area contributed by atoms with Gasteiger partial charge in [0.25, 0.3) is 0 Å². The Balaban J connectivity index is 1.67. The lowest BCUT2D eigenvalue weighted by Gasteiger charge is -2.24. The van der Waals surface area contributed by atoms with Crippen LogP contribution in [0, 0.1) is 29.6 Å². The third kappa shape index (κ3) is 34.6. The molecule has 0 atom stereocenters. The van der Waals surface area contributed by atoms with E-state index >= 15 is 0 Å². The molecule has 1 rings (SSSR count). The molecule has 1 saturated carbocycles. The second kappa shape index (κ2) is 34.1. The van der Waals surface area contributed by atoms with Crippen molar-refractivity contribution >= 4 is 7.60 Å². The van der Waals surface area contributed by atoms with Crippen molar-refractivity contribution in [2.45, 2.75) is 231 Å². The van der Waals surface area contributed by atoms with Gasteiger partial charge in [0.1, 0.15) is 0 Å². The molecule has 0 spiro atoms. The third-order valence-electron chi connectivity index (χ3n) is 10.1. The van der Waals surface area contributed by atoms with E-state index in [1.54, 1.807) is 0 Å². The molecule has 0 saturated heterocycles. The Hall–Kier alpha value is -0.730. The minimum absolute atomic E-state index is 0.0494. The van der Waals surface area contributed by atoms with E-state index in [1.807, 2.05) is 0 Å². The highest BCUT2D eigenvalue weighted by Gasteiger charge is 2.16. The van der Waals surface area contributed by atoms with E-state index in [0.717, 1.165) is 31.6 Å². The van der Waals surface area contributed by atoms with Crippen molar-refractivity contribution in [3.63, 3.8) is 0 Å². The second-order valence-corrected chi connectivity index (χ2v) is 16.5. The SMILES string of the molecule is O=P(O)(O)CCCCCCCCCCCCCCCC#CC#CCCCCCCCCCCCCCCCCCCCC1CCC1. The predicted molar refractivity (Wildman–Crippen MR) is 202 cm³/mol. The van der Waals surface area contributed by atoms with Crippen LogP contribution in [0.3, 0.4) is 0 Å². The molecular weight excluding hydrogens is 583 g/mol. The van der Waals surface area contributed by atoms with Gasteiger partial charge in [-0.25, -0.2) is 0 Å². The number of hydrogen-bond acceptors (Lipinski definition) is 1. The lowest BCUT2D eigenvalue weighted by molar-refractivity contribution is 0.286. The van der Waals surface area contributed by atoms with Crippen molar-refractivity contribution in [2.75, 3.05) is 6.16 Å². The summed E-state index contributed by atoms with van der Waals surface area (Å²) < 4.78 is 10.8. The van der Waals surface area contributed by atoms with Gasteiger partial charge in [-0.2, -0.15) is 0 Å². The smallest absolute Gasteiger partial charge is 0.324 e. The fourth-order valence-electron chi connectivity index (χ4n) is 6.77. The average molecular weight is 661 g/mol. The van der Waals surface area contributed by atoms with Crippen molar-refractivity contribution in [1.29, 1.82) is 0 Å². The number of rotatable bonds is 34. The zero-order valence-electron chi connectivity index (χ0n) is 30.5. The monoisotopic (exact) mass is 661 g/mol. The lowest BCUT2D eigenvalue weighted by Crippen LogP contribution is -2.10. The minimum Gasteiger partial charge on any atom is -0.324 e. The first-order valence-corrected chi connectivity index (χ1v) is 22.4. The van der Waals surface area contributed by atoms with Crippen molar-refractivity contribution in [1.82, 2.24) is 0 Å². The van der Waals surface area contributed by atoms with Crippen LogP contribution in [-0.4, -0.2) is 15.9 Å². The van der Waals surface area contributed by atoms with Gasteiger partial charge >= 0.3 is 7.60 Å². The molecule has 0 bridgehead atoms. The van der Waals surface area contributed by atoms with Gasteiger partial charge in [0, 0.05) is 19.0 Å². The molecule has 0 amide bonds. The quantitative estimate of drug-likeness (QED) is 0.0410. The van der Waals surface area contributed by atoms with Crippen LogP contribution in [0.2, 0.25) is 0 Å². The molecule has 4 heteroatoms. The molecular formula is C42H77O3P. The Morgan fingerprint density at radius 2 is 0.696 bits per heavy atom. The fraction of sp³-hybridized carbons (Fsp3) is 0.905. The van der Waals surface area contributed by atoms with E-state index in [2.05, 4.69) is 23.7 Å². The van der Waals surface area contributed by atoms with Crippen LogP contribution in [0.1, 0.15) is 231 Å². The molecule has 46 heavy (non-hydrogen) atoms. The summed E-state index contributed by atoms with van der Waals surface area (Å²) in [5.41, 5.74) is 0. The molecule has 1 aliphatic rings. The van der Waals surface area contributed by atoms with E-state index in [4.69, 9.17) is 9.79 Å². The molecule has 0 aromatic carbocycles. The first kappa shape index (κ1) is 43.3. The highest BCUT2D eigenvalue weighted by atomic mass is 31.2. The predicted octanol–water partition coefficient (Wildman–Crippen LogP) is 13.8. The van der Waals surface area contributed by atoms with E-state index in [1.165, 1.54) is 199 Å². The molecule has 2 N–H and O–H groups in total. The molecule has 0 aromatic heterocycles. The summed E-state index contributed by atoms with van der Waals surface area (Å²) in [6, 6.07) is 0. The topological polar surface area (TPSA) is 57.5 Å². The van der Waals surface area contributed by atoms with Gasteiger partial charge in [0.15, 0.2) is 0 Å². The molecule has 0 heterocycles. The van der Waals surface area contributed by atoms with Gasteiger partial charge in [-0.15, -0.1) is 0 Å². The standard InChI is InChI=1S/C42H77O3P/c43-46(44,45)41-36-34-32-30-28-26-24-22-20-18-16-14-12-10-8-6-4-2-1-3-5-7-9-11-13-15-17-19-21-23-25-27-29-31-33-35-38-42-39-37-40-42/h42H,1,3,5,7,9-41H2,(H2,43,44,45). The summed E-state index contributed by atoms with van der Waals surface area (Å²) >= 11 is 0. The second-order valence-electron chi connectivity index (χ2n) is 14.7. The number of unbranched alkanes of at least 4 members (excludes halogenated alkanes) is 30. The van der Waals surface area contributed by atoms with Crippen molar-refractivity contribution < 1.29 is 14.4 Å². The van der Waals surface area contributed by atoms with Crippen LogP contribution in [0.25, 0.3) is 0 Å². The Morgan fingerprint density at radius 3 is 0.978 bits per heavy atom. The Morgan fingerprint density at radius 1 is 0.413 bits per heavy atom. The third-order valence-corrected chi connectivity index (χ3v) is 11.0. The zero-order chi connectivity index (χ0) is 33.1. The van der Waals surface area contributed by atoms with Gasteiger partial charge in [-0.1, -0.05) is 211 Å². The van der Waals surface area contributed by atoms with Gasteiger partial charge < -0.3 is 9.79 Å². The normalized spacial score (nSPS) is 13.2. The first-order valence-electron chi connectivity index (χ1n) is 20.6. The van der Waals surface area contributed by atoms with Gasteiger partial charge in [0.2, 0.25) is 0 Å². The van der Waals surface area contributed by atoms with Crippen molar-refractivity contribution in [3.8, 4) is 23.7 Å². The Labute approximate surface area is 288 Å². The molecule has 0 unspecified atom stereocenters. The van der Waals surface area contributed by atoms with Crippen LogP contribution < -0.4 is 0 Å². The highest BCUT2D eigenvalue weighted by molar-refractivity contribution is 7.51. The van der Waals surface area contributed by atoms with Crippen LogP contribution in [0.4, 0.5) is 0 Å². The summed E-state index contributed by atoms with van der Waals surface area (Å²) in [7, 11) is -3.78. The largest absolute Gasteiger partial charge is 0.325 e. The Bertz CT molecular complexity index is 806. The van der Waals surface area contributed by atoms with Crippen LogP contribution >= 0.6 is 7.60 Å². The van der Waals surface area contributed by atoms with Crippen LogP contribution in [0.5, 0.6) is 0 Å². The van der Waals surface area contributed by atoms with E-state index in [0.29, 0.717) is 6.42 Å². The molecule has 1 fully saturated rings. The molecule has 0 aromatic rings. The summed E-state index contributed by atoms with van der Waals surface area (Å²) in [6.45, 7) is 0. The fourth-order valence-corrected chi connectivity index (χ4v) is 7.40. The molecule has 1 aliphatic carbocycles. The zero-order valence-corrected chi connectivity index (χ0v) is 31.4. The maximum atomic E-state index is 10.8. The van der Waals surface area contributed by atoms with Gasteiger partial charge in [0.05, 0.1) is 0 Å². The van der Waals surface area contributed by atoms with Crippen molar-refractivity contribution in [3.05, 3.63) is 0 Å². The first-order chi connectivity index (χ1) is 22.6. The van der Waals surface area contributed by atoms with E-state index in [9.17, 15) is 4.57 Å². The summed E-state index contributed by atoms with van der Waals surface area (Å²) in [5, 5.41) is 0. The minimum atomic E-state index is -3.78. The Kier molecular flexibility index (Phi) is 32.1. The van der Waals surface area contributed by atoms with Gasteiger partial charge in [-0.05, 0) is 37.0 Å². The average Bonchev–Trinajstić information content (AvgIpc) is 3.00. The molecule has 268 valence electrons. The van der Waals surface area contributed by atoms with E-state index < -0.39 is 7.60 Å². The van der Waals surface area contributed by atoms with E-state index in [-0.39, 0.29) is 6.16 Å². The highest BCUT2D eigenvalue weighted by Crippen LogP contribution is 2.35. The summed E-state index contributed by atoms with van der Waals surface area (Å²) in [5.74, 6) is 13.7. The summed E-state index contributed by atoms with van der Waals surface area (Å²) in [6.07, 6.45) is 48.2. The van der Waals surface area contributed by atoms with Gasteiger partial charge in [-0.3, -0.25) is 4.57 Å². The maximum Gasteiger partial charge on any atom is 0.325 e.